The summed E-state index contributed by atoms with van der Waals surface area (Å²) in [5.41, 5.74) is 2.87. The van der Waals surface area contributed by atoms with Crippen molar-refractivity contribution in [3.63, 3.8) is 0 Å². The minimum Gasteiger partial charge on any atom is -0.368 e. The Balaban J connectivity index is 1.41. The Morgan fingerprint density at radius 2 is 1.59 bits per heavy atom. The summed E-state index contributed by atoms with van der Waals surface area (Å²) in [5.74, 6) is 0.604. The summed E-state index contributed by atoms with van der Waals surface area (Å²) in [5, 5.41) is 6.31. The van der Waals surface area contributed by atoms with Gasteiger partial charge in [-0.1, -0.05) is 30.3 Å². The van der Waals surface area contributed by atoms with Gasteiger partial charge in [-0.2, -0.15) is 0 Å². The summed E-state index contributed by atoms with van der Waals surface area (Å²) < 4.78 is 0. The lowest BCUT2D eigenvalue weighted by molar-refractivity contribution is -0.130. The molecule has 1 heterocycles. The molecular formula is C24H32N6O2. The van der Waals surface area contributed by atoms with Crippen LogP contribution < -0.4 is 15.5 Å². The van der Waals surface area contributed by atoms with E-state index in [1.807, 2.05) is 47.4 Å². The Hall–Kier alpha value is -3.55. The summed E-state index contributed by atoms with van der Waals surface area (Å²) in [7, 11) is 5.15. The van der Waals surface area contributed by atoms with Crippen LogP contribution in [0.5, 0.6) is 0 Å². The van der Waals surface area contributed by atoms with Gasteiger partial charge >= 0.3 is 0 Å². The zero-order valence-corrected chi connectivity index (χ0v) is 19.0. The Bertz CT molecular complexity index is 919. The van der Waals surface area contributed by atoms with Crippen molar-refractivity contribution in [2.45, 2.75) is 6.54 Å². The number of benzene rings is 2. The number of carbonyl (C=O) groups is 2. The Kier molecular flexibility index (Phi) is 8.08. The van der Waals surface area contributed by atoms with Crippen molar-refractivity contribution in [3.8, 4) is 0 Å². The largest absolute Gasteiger partial charge is 0.368 e. The third-order valence-electron chi connectivity index (χ3n) is 5.45. The summed E-state index contributed by atoms with van der Waals surface area (Å²) >= 11 is 0. The number of para-hydroxylation sites is 1. The van der Waals surface area contributed by atoms with Crippen LogP contribution in [0.25, 0.3) is 0 Å². The molecule has 3 rings (SSSR count). The van der Waals surface area contributed by atoms with Crippen molar-refractivity contribution in [2.24, 2.45) is 4.99 Å². The predicted octanol–water partition coefficient (Wildman–Crippen LogP) is 1.40. The van der Waals surface area contributed by atoms with Crippen LogP contribution in [0.1, 0.15) is 15.9 Å². The van der Waals surface area contributed by atoms with Crippen molar-refractivity contribution >= 4 is 23.5 Å². The van der Waals surface area contributed by atoms with Gasteiger partial charge in [-0.3, -0.25) is 14.6 Å². The number of nitrogens with one attached hydrogen (secondary N) is 2. The van der Waals surface area contributed by atoms with Gasteiger partial charge < -0.3 is 25.3 Å². The first-order valence-electron chi connectivity index (χ1n) is 10.8. The predicted molar refractivity (Wildman–Crippen MR) is 128 cm³/mol. The van der Waals surface area contributed by atoms with E-state index in [1.54, 1.807) is 26.0 Å². The molecule has 0 aliphatic carbocycles. The first-order chi connectivity index (χ1) is 15.5. The normalized spacial score (nSPS) is 14.2. The van der Waals surface area contributed by atoms with Crippen molar-refractivity contribution < 1.29 is 9.59 Å². The average molecular weight is 437 g/mol. The number of amides is 2. The minimum absolute atomic E-state index is 0.0231. The van der Waals surface area contributed by atoms with E-state index in [2.05, 4.69) is 32.7 Å². The van der Waals surface area contributed by atoms with E-state index >= 15 is 0 Å². The molecule has 2 aromatic rings. The molecule has 1 aliphatic rings. The Labute approximate surface area is 189 Å². The quantitative estimate of drug-likeness (QED) is 0.529. The molecule has 0 aromatic heterocycles. The van der Waals surface area contributed by atoms with Gasteiger partial charge in [-0.25, -0.2) is 0 Å². The lowest BCUT2D eigenvalue weighted by Gasteiger charge is -2.36. The second-order valence-electron chi connectivity index (χ2n) is 7.88. The number of hydrogen-bond donors (Lipinski definition) is 2. The molecule has 1 aliphatic heterocycles. The number of rotatable bonds is 6. The number of aliphatic imine (C=N–C) groups is 1. The molecule has 1 saturated heterocycles. The lowest BCUT2D eigenvalue weighted by atomic mass is 10.1. The van der Waals surface area contributed by atoms with Crippen LogP contribution in [0.4, 0.5) is 5.69 Å². The van der Waals surface area contributed by atoms with E-state index in [0.717, 1.165) is 18.7 Å². The topological polar surface area (TPSA) is 80.3 Å². The minimum atomic E-state index is -0.0231. The van der Waals surface area contributed by atoms with Crippen LogP contribution in [0.15, 0.2) is 59.6 Å². The fourth-order valence-corrected chi connectivity index (χ4v) is 3.55. The van der Waals surface area contributed by atoms with E-state index in [1.165, 1.54) is 5.69 Å². The zero-order chi connectivity index (χ0) is 22.9. The molecule has 0 saturated carbocycles. The van der Waals surface area contributed by atoms with Gasteiger partial charge in [0.2, 0.25) is 5.91 Å². The molecule has 8 nitrogen and oxygen atoms in total. The standard InChI is InChI=1S/C24H32N6O2/c1-25-24(26-17-19-9-11-20(12-10-19)23(32)28(2)3)27-18-22(31)30-15-13-29(14-16-30)21-7-5-4-6-8-21/h4-12H,13-18H2,1-3H3,(H2,25,26,27). The van der Waals surface area contributed by atoms with E-state index in [-0.39, 0.29) is 18.4 Å². The summed E-state index contributed by atoms with van der Waals surface area (Å²) in [4.78, 5) is 34.5. The number of carbonyl (C=O) groups excluding carboxylic acids is 2. The number of hydrogen-bond acceptors (Lipinski definition) is 4. The highest BCUT2D eigenvalue weighted by Crippen LogP contribution is 2.15. The van der Waals surface area contributed by atoms with E-state index in [9.17, 15) is 9.59 Å². The molecule has 1 fully saturated rings. The maximum atomic E-state index is 12.6. The number of piperazine rings is 1. The first-order valence-corrected chi connectivity index (χ1v) is 10.8. The smallest absolute Gasteiger partial charge is 0.253 e. The van der Waals surface area contributed by atoms with Gasteiger partial charge in [0.1, 0.15) is 0 Å². The number of guanidine groups is 1. The van der Waals surface area contributed by atoms with Gasteiger partial charge in [0, 0.05) is 65.1 Å². The van der Waals surface area contributed by atoms with Crippen molar-refractivity contribution in [3.05, 3.63) is 65.7 Å². The molecule has 2 amide bonds. The third kappa shape index (κ3) is 6.23. The molecule has 0 atom stereocenters. The third-order valence-corrected chi connectivity index (χ3v) is 5.45. The average Bonchev–Trinajstić information content (AvgIpc) is 2.84. The highest BCUT2D eigenvalue weighted by Gasteiger charge is 2.21. The van der Waals surface area contributed by atoms with Crippen LogP contribution in [0.3, 0.4) is 0 Å². The molecule has 0 radical (unpaired) electrons. The molecule has 0 spiro atoms. The Morgan fingerprint density at radius 3 is 2.19 bits per heavy atom. The van der Waals surface area contributed by atoms with Gasteiger partial charge in [0.05, 0.1) is 6.54 Å². The highest BCUT2D eigenvalue weighted by molar-refractivity contribution is 5.93. The molecule has 170 valence electrons. The molecule has 8 heteroatoms. The SMILES string of the molecule is CN=C(NCC(=O)N1CCN(c2ccccc2)CC1)NCc1ccc(C(=O)N(C)C)cc1. The highest BCUT2D eigenvalue weighted by atomic mass is 16.2. The van der Waals surface area contributed by atoms with Crippen LogP contribution in [-0.4, -0.2) is 81.4 Å². The zero-order valence-electron chi connectivity index (χ0n) is 19.0. The first kappa shape index (κ1) is 23.1. The summed E-state index contributed by atoms with van der Waals surface area (Å²) in [6.07, 6.45) is 0. The van der Waals surface area contributed by atoms with Gasteiger partial charge in [0.15, 0.2) is 5.96 Å². The van der Waals surface area contributed by atoms with Crippen molar-refractivity contribution in [2.75, 3.05) is 58.8 Å². The fourth-order valence-electron chi connectivity index (χ4n) is 3.55. The van der Waals surface area contributed by atoms with E-state index in [0.29, 0.717) is 31.2 Å². The molecule has 0 bridgehead atoms. The second-order valence-corrected chi connectivity index (χ2v) is 7.88. The molecule has 2 N–H and O–H groups in total. The van der Waals surface area contributed by atoms with Gasteiger partial charge in [-0.05, 0) is 29.8 Å². The second kappa shape index (κ2) is 11.2. The van der Waals surface area contributed by atoms with Gasteiger partial charge in [-0.15, -0.1) is 0 Å². The van der Waals surface area contributed by atoms with Crippen molar-refractivity contribution in [1.82, 2.24) is 20.4 Å². The van der Waals surface area contributed by atoms with E-state index < -0.39 is 0 Å². The van der Waals surface area contributed by atoms with Gasteiger partial charge in [0.25, 0.3) is 5.91 Å². The Morgan fingerprint density at radius 1 is 0.938 bits per heavy atom. The molecular weight excluding hydrogens is 404 g/mol. The monoisotopic (exact) mass is 436 g/mol. The number of nitrogens with zero attached hydrogens (tertiary/aromatic N) is 4. The molecule has 0 unspecified atom stereocenters. The van der Waals surface area contributed by atoms with Crippen LogP contribution in [0.2, 0.25) is 0 Å². The van der Waals surface area contributed by atoms with Crippen molar-refractivity contribution in [1.29, 1.82) is 0 Å². The number of anilines is 1. The van der Waals surface area contributed by atoms with Crippen LogP contribution in [-0.2, 0) is 11.3 Å². The molecule has 32 heavy (non-hydrogen) atoms. The maximum Gasteiger partial charge on any atom is 0.253 e. The fraction of sp³-hybridized carbons (Fsp3) is 0.375. The maximum absolute atomic E-state index is 12.6. The van der Waals surface area contributed by atoms with Crippen LogP contribution in [0, 0.1) is 0 Å². The lowest BCUT2D eigenvalue weighted by Crippen LogP contribution is -2.52. The van der Waals surface area contributed by atoms with E-state index in [4.69, 9.17) is 0 Å². The van der Waals surface area contributed by atoms with Crippen LogP contribution >= 0.6 is 0 Å². The summed E-state index contributed by atoms with van der Waals surface area (Å²) in [6, 6.07) is 17.7. The molecule has 2 aromatic carbocycles. The summed E-state index contributed by atoms with van der Waals surface area (Å²) in [6.45, 7) is 3.81.